The maximum atomic E-state index is 12.4. The molecule has 0 bridgehead atoms. The monoisotopic (exact) mass is 419 g/mol. The highest BCUT2D eigenvalue weighted by molar-refractivity contribution is 9.10. The molecular weight excluding hydrogens is 402 g/mol. The van der Waals surface area contributed by atoms with Crippen LogP contribution in [0.25, 0.3) is 11.6 Å². The molecule has 3 nitrogen and oxygen atoms in total. The number of carbonyl (C=O) groups is 1. The van der Waals surface area contributed by atoms with Gasteiger partial charge in [0.05, 0.1) is 0 Å². The summed E-state index contributed by atoms with van der Waals surface area (Å²) in [6.07, 6.45) is 1.89. The minimum absolute atomic E-state index is 0.0966. The molecule has 1 heterocycles. The summed E-state index contributed by atoms with van der Waals surface area (Å²) < 4.78 is 6.99. The number of carbonyl (C=O) groups excluding carboxylic acids is 1. The number of benzene rings is 3. The van der Waals surface area contributed by atoms with Crippen LogP contribution in [0.4, 0.5) is 5.69 Å². The lowest BCUT2D eigenvalue weighted by atomic mass is 10.0. The van der Waals surface area contributed by atoms with Gasteiger partial charge in [0.25, 0.3) is 5.91 Å². The highest BCUT2D eigenvalue weighted by Gasteiger charge is 2.23. The molecule has 134 valence electrons. The van der Waals surface area contributed by atoms with Gasteiger partial charge in [0, 0.05) is 26.9 Å². The Bertz CT molecular complexity index is 1040. The number of anilines is 1. The number of hydrogen-bond donors (Lipinski definition) is 1. The van der Waals surface area contributed by atoms with Crippen molar-refractivity contribution in [2.24, 2.45) is 0 Å². The molecule has 1 aliphatic rings. The van der Waals surface area contributed by atoms with E-state index >= 15 is 0 Å². The van der Waals surface area contributed by atoms with Crippen LogP contribution >= 0.6 is 15.9 Å². The lowest BCUT2D eigenvalue weighted by molar-refractivity contribution is -0.110. The predicted molar refractivity (Wildman–Crippen MR) is 113 cm³/mol. The van der Waals surface area contributed by atoms with E-state index in [-0.39, 0.29) is 5.91 Å². The quantitative estimate of drug-likeness (QED) is 0.540. The molecule has 1 aliphatic heterocycles. The lowest BCUT2D eigenvalue weighted by Gasteiger charge is -2.11. The molecule has 0 radical (unpaired) electrons. The molecule has 0 unspecified atom stereocenters. The maximum Gasteiger partial charge on any atom is 0.256 e. The first-order valence-corrected chi connectivity index (χ1v) is 9.50. The average molecular weight is 420 g/mol. The molecule has 0 fully saturated rings. The number of ether oxygens (including phenoxy) is 1. The summed E-state index contributed by atoms with van der Waals surface area (Å²) >= 11 is 3.51. The summed E-state index contributed by atoms with van der Waals surface area (Å²) in [5.41, 5.74) is 5.57. The summed E-state index contributed by atoms with van der Waals surface area (Å²) in [5, 5.41) is 2.91. The second-order valence-corrected chi connectivity index (χ2v) is 7.43. The van der Waals surface area contributed by atoms with Gasteiger partial charge in [-0.2, -0.15) is 0 Å². The topological polar surface area (TPSA) is 38.3 Å². The van der Waals surface area contributed by atoms with Gasteiger partial charge >= 0.3 is 0 Å². The highest BCUT2D eigenvalue weighted by Crippen LogP contribution is 2.35. The summed E-state index contributed by atoms with van der Waals surface area (Å²) in [6.45, 7) is 2.54. The van der Waals surface area contributed by atoms with Gasteiger partial charge in [-0.05, 0) is 42.8 Å². The summed E-state index contributed by atoms with van der Waals surface area (Å²) in [4.78, 5) is 12.4. The molecule has 3 aromatic carbocycles. The number of fused-ring (bicyclic) bond motifs is 1. The molecule has 1 amide bonds. The number of halogens is 1. The molecule has 0 spiro atoms. The largest absolute Gasteiger partial charge is 0.488 e. The number of amides is 1. The molecule has 0 saturated heterocycles. The van der Waals surface area contributed by atoms with E-state index in [0.29, 0.717) is 12.2 Å². The van der Waals surface area contributed by atoms with Crippen molar-refractivity contribution in [1.29, 1.82) is 0 Å². The van der Waals surface area contributed by atoms with Crippen molar-refractivity contribution in [2.75, 3.05) is 5.32 Å². The Morgan fingerprint density at radius 1 is 1.04 bits per heavy atom. The van der Waals surface area contributed by atoms with Crippen molar-refractivity contribution in [3.05, 3.63) is 93.5 Å². The number of aryl methyl sites for hydroxylation is 1. The van der Waals surface area contributed by atoms with E-state index in [1.54, 1.807) is 0 Å². The van der Waals surface area contributed by atoms with Gasteiger partial charge in [-0.25, -0.2) is 0 Å². The molecule has 4 heteroatoms. The Hall–Kier alpha value is -2.85. The average Bonchev–Trinajstić information content (AvgIpc) is 2.98. The fourth-order valence-corrected chi connectivity index (χ4v) is 3.43. The number of hydrogen-bond acceptors (Lipinski definition) is 2. The van der Waals surface area contributed by atoms with Crippen molar-refractivity contribution in [2.45, 2.75) is 13.5 Å². The van der Waals surface area contributed by atoms with Crippen molar-refractivity contribution in [3.63, 3.8) is 0 Å². The van der Waals surface area contributed by atoms with Crippen LogP contribution < -0.4 is 10.1 Å². The molecule has 3 aromatic rings. The second-order valence-electron chi connectivity index (χ2n) is 6.51. The standard InChI is InChI=1S/C23H18BrNO2/c1-15-6-8-16(9-7-15)14-27-22-11-10-18(24)12-17(22)13-20-19-4-2-3-5-21(19)25-23(20)26/h2-13H,14H2,1H3,(H,25,26)/b20-13+. The van der Waals surface area contributed by atoms with Crippen LogP contribution in [0.1, 0.15) is 22.3 Å². The summed E-state index contributed by atoms with van der Waals surface area (Å²) in [7, 11) is 0. The summed E-state index contributed by atoms with van der Waals surface area (Å²) in [6, 6.07) is 21.8. The van der Waals surface area contributed by atoms with Gasteiger partial charge < -0.3 is 10.1 Å². The Labute approximate surface area is 166 Å². The predicted octanol–water partition coefficient (Wildman–Crippen LogP) is 5.83. The first-order valence-electron chi connectivity index (χ1n) is 8.70. The van der Waals surface area contributed by atoms with Gasteiger partial charge in [0.2, 0.25) is 0 Å². The maximum absolute atomic E-state index is 12.4. The third-order valence-electron chi connectivity index (χ3n) is 4.50. The van der Waals surface area contributed by atoms with Crippen LogP contribution in [-0.2, 0) is 11.4 Å². The first kappa shape index (κ1) is 17.6. The van der Waals surface area contributed by atoms with Crippen LogP contribution in [0.3, 0.4) is 0 Å². The van der Waals surface area contributed by atoms with Crippen LogP contribution in [0, 0.1) is 6.92 Å². The zero-order valence-electron chi connectivity index (χ0n) is 14.8. The van der Waals surface area contributed by atoms with Gasteiger partial charge in [-0.15, -0.1) is 0 Å². The number of nitrogens with one attached hydrogen (secondary N) is 1. The third kappa shape index (κ3) is 3.81. The van der Waals surface area contributed by atoms with Gasteiger partial charge in [0.15, 0.2) is 0 Å². The fraction of sp³-hybridized carbons (Fsp3) is 0.0870. The lowest BCUT2D eigenvalue weighted by Crippen LogP contribution is -2.04. The second kappa shape index (κ2) is 7.41. The molecule has 0 atom stereocenters. The van der Waals surface area contributed by atoms with Crippen molar-refractivity contribution in [3.8, 4) is 5.75 Å². The smallest absolute Gasteiger partial charge is 0.256 e. The van der Waals surface area contributed by atoms with E-state index in [2.05, 4.69) is 52.4 Å². The van der Waals surface area contributed by atoms with Gasteiger partial charge in [0.1, 0.15) is 12.4 Å². The van der Waals surface area contributed by atoms with E-state index in [1.807, 2.05) is 48.5 Å². The molecule has 0 aliphatic carbocycles. The molecular formula is C23H18BrNO2. The first-order chi connectivity index (χ1) is 13.1. The Kier molecular flexibility index (Phi) is 4.82. The SMILES string of the molecule is Cc1ccc(COc2ccc(Br)cc2/C=C2/C(=O)Nc3ccccc32)cc1. The molecule has 1 N–H and O–H groups in total. The fourth-order valence-electron chi connectivity index (χ4n) is 3.05. The zero-order valence-corrected chi connectivity index (χ0v) is 16.4. The van der Waals surface area contributed by atoms with Crippen LogP contribution in [-0.4, -0.2) is 5.91 Å². The molecule has 27 heavy (non-hydrogen) atoms. The van der Waals surface area contributed by atoms with E-state index in [0.717, 1.165) is 32.6 Å². The van der Waals surface area contributed by atoms with Crippen LogP contribution in [0.15, 0.2) is 71.2 Å². The normalized spacial score (nSPS) is 14.1. The van der Waals surface area contributed by atoms with Gasteiger partial charge in [-0.1, -0.05) is 64.0 Å². The number of rotatable bonds is 4. The molecule has 0 saturated carbocycles. The van der Waals surface area contributed by atoms with Crippen molar-refractivity contribution >= 4 is 39.2 Å². The van der Waals surface area contributed by atoms with Crippen LogP contribution in [0.2, 0.25) is 0 Å². The number of para-hydroxylation sites is 1. The van der Waals surface area contributed by atoms with E-state index in [4.69, 9.17) is 4.74 Å². The van der Waals surface area contributed by atoms with E-state index < -0.39 is 0 Å². The minimum atomic E-state index is -0.0966. The molecule has 4 rings (SSSR count). The zero-order chi connectivity index (χ0) is 18.8. The van der Waals surface area contributed by atoms with E-state index in [9.17, 15) is 4.79 Å². The van der Waals surface area contributed by atoms with Crippen molar-refractivity contribution in [1.82, 2.24) is 0 Å². The minimum Gasteiger partial charge on any atom is -0.488 e. The third-order valence-corrected chi connectivity index (χ3v) is 4.99. The van der Waals surface area contributed by atoms with Crippen LogP contribution in [0.5, 0.6) is 5.75 Å². The Morgan fingerprint density at radius 3 is 2.63 bits per heavy atom. The Balaban J connectivity index is 1.66. The highest BCUT2D eigenvalue weighted by atomic mass is 79.9. The molecule has 0 aromatic heterocycles. The van der Waals surface area contributed by atoms with E-state index in [1.165, 1.54) is 5.56 Å². The van der Waals surface area contributed by atoms with Crippen molar-refractivity contribution < 1.29 is 9.53 Å². The summed E-state index contributed by atoms with van der Waals surface area (Å²) in [5.74, 6) is 0.643. The van der Waals surface area contributed by atoms with Gasteiger partial charge in [-0.3, -0.25) is 4.79 Å². The Morgan fingerprint density at radius 2 is 1.81 bits per heavy atom.